The quantitative estimate of drug-likeness (QED) is 0.672. The van der Waals surface area contributed by atoms with Crippen molar-refractivity contribution in [3.05, 3.63) is 60.2 Å². The second kappa shape index (κ2) is 7.70. The zero-order valence-electron chi connectivity index (χ0n) is 14.1. The van der Waals surface area contributed by atoms with Gasteiger partial charge in [0.15, 0.2) is 0 Å². The SMILES string of the molecule is CNC(=S)[C@]1(c2cccnc2)CCCC[C@H]1OC(=O)c1cccnc1. The highest BCUT2D eigenvalue weighted by molar-refractivity contribution is 7.80. The molecule has 1 fully saturated rings. The number of carbonyl (C=O) groups excluding carboxylic acids is 1. The summed E-state index contributed by atoms with van der Waals surface area (Å²) in [7, 11) is 1.81. The molecule has 1 aliphatic carbocycles. The predicted molar refractivity (Wildman–Crippen MR) is 99.5 cm³/mol. The largest absolute Gasteiger partial charge is 0.457 e. The Morgan fingerprint density at radius 2 is 2.00 bits per heavy atom. The maximum absolute atomic E-state index is 12.6. The second-order valence-electron chi connectivity index (χ2n) is 6.17. The minimum atomic E-state index is -0.547. The van der Waals surface area contributed by atoms with Gasteiger partial charge in [0.2, 0.25) is 0 Å². The predicted octanol–water partition coefficient (Wildman–Crippen LogP) is 3.06. The molecule has 130 valence electrons. The number of esters is 1. The van der Waals surface area contributed by atoms with Gasteiger partial charge < -0.3 is 10.1 Å². The maximum Gasteiger partial charge on any atom is 0.340 e. The van der Waals surface area contributed by atoms with Gasteiger partial charge in [-0.15, -0.1) is 0 Å². The average molecular weight is 355 g/mol. The van der Waals surface area contributed by atoms with Gasteiger partial charge in [0.1, 0.15) is 6.10 Å². The van der Waals surface area contributed by atoms with Crippen LogP contribution in [0, 0.1) is 0 Å². The summed E-state index contributed by atoms with van der Waals surface area (Å²) in [6.07, 6.45) is 9.99. The number of nitrogens with zero attached hydrogens (tertiary/aromatic N) is 2. The fraction of sp³-hybridized carbons (Fsp3) is 0.368. The number of rotatable bonds is 4. The zero-order chi connectivity index (χ0) is 17.7. The number of nitrogens with one attached hydrogen (secondary N) is 1. The van der Waals surface area contributed by atoms with Gasteiger partial charge in [0.05, 0.1) is 16.0 Å². The number of ether oxygens (including phenoxy) is 1. The lowest BCUT2D eigenvalue weighted by molar-refractivity contribution is 0.00426. The third kappa shape index (κ3) is 3.39. The van der Waals surface area contributed by atoms with Crippen LogP contribution in [0.4, 0.5) is 0 Å². The Hall–Kier alpha value is -2.34. The Kier molecular flexibility index (Phi) is 5.38. The van der Waals surface area contributed by atoms with Crippen molar-refractivity contribution in [3.8, 4) is 0 Å². The van der Waals surface area contributed by atoms with E-state index in [-0.39, 0.29) is 12.1 Å². The van der Waals surface area contributed by atoms with E-state index in [4.69, 9.17) is 17.0 Å². The molecule has 1 N–H and O–H groups in total. The molecule has 0 aliphatic heterocycles. The first kappa shape index (κ1) is 17.5. The molecule has 2 aromatic rings. The van der Waals surface area contributed by atoms with E-state index in [1.54, 1.807) is 24.5 Å². The molecule has 0 bridgehead atoms. The number of likely N-dealkylation sites (N-methyl/N-ethyl adjacent to an activating group) is 1. The lowest BCUT2D eigenvalue weighted by atomic mass is 9.67. The lowest BCUT2D eigenvalue weighted by Crippen LogP contribution is -2.53. The minimum absolute atomic E-state index is 0.335. The number of aromatic nitrogens is 2. The van der Waals surface area contributed by atoms with Gasteiger partial charge in [0, 0.05) is 31.8 Å². The van der Waals surface area contributed by atoms with Gasteiger partial charge in [0.25, 0.3) is 0 Å². The van der Waals surface area contributed by atoms with Crippen LogP contribution in [0.25, 0.3) is 0 Å². The Labute approximate surface area is 152 Å². The molecule has 2 atom stereocenters. The smallest absolute Gasteiger partial charge is 0.340 e. The summed E-state index contributed by atoms with van der Waals surface area (Å²) < 4.78 is 5.94. The molecule has 0 saturated heterocycles. The Morgan fingerprint density at radius 3 is 2.64 bits per heavy atom. The summed E-state index contributed by atoms with van der Waals surface area (Å²) in [5.74, 6) is -0.368. The highest BCUT2D eigenvalue weighted by Crippen LogP contribution is 2.42. The van der Waals surface area contributed by atoms with Crippen LogP contribution in [-0.2, 0) is 10.2 Å². The highest BCUT2D eigenvalue weighted by atomic mass is 32.1. The molecule has 0 spiro atoms. The average Bonchev–Trinajstić information content (AvgIpc) is 2.69. The van der Waals surface area contributed by atoms with E-state index in [2.05, 4.69) is 15.3 Å². The molecule has 1 aliphatic rings. The van der Waals surface area contributed by atoms with E-state index in [1.807, 2.05) is 25.4 Å². The molecule has 2 heterocycles. The van der Waals surface area contributed by atoms with Crippen molar-refractivity contribution in [1.29, 1.82) is 0 Å². The van der Waals surface area contributed by atoms with Crippen molar-refractivity contribution < 1.29 is 9.53 Å². The first-order chi connectivity index (χ1) is 12.2. The minimum Gasteiger partial charge on any atom is -0.457 e. The number of hydrogen-bond donors (Lipinski definition) is 1. The standard InChI is InChI=1S/C19H21N3O2S/c1-20-18(25)19(15-7-5-11-22-13-15)9-3-2-8-16(19)24-17(23)14-6-4-10-21-12-14/h4-7,10-13,16H,2-3,8-9H2,1H3,(H,20,25)/t16-,19+/m1/s1. The van der Waals surface area contributed by atoms with E-state index in [0.29, 0.717) is 10.6 Å². The van der Waals surface area contributed by atoms with Crippen molar-refractivity contribution in [2.75, 3.05) is 7.05 Å². The van der Waals surface area contributed by atoms with E-state index < -0.39 is 5.41 Å². The van der Waals surface area contributed by atoms with Crippen LogP contribution in [-0.4, -0.2) is 34.1 Å². The molecular formula is C19H21N3O2S. The first-order valence-corrected chi connectivity index (χ1v) is 8.83. The Morgan fingerprint density at radius 1 is 1.24 bits per heavy atom. The van der Waals surface area contributed by atoms with Gasteiger partial charge >= 0.3 is 5.97 Å². The molecule has 1 saturated carbocycles. The molecule has 0 aromatic carbocycles. The summed E-state index contributed by atoms with van der Waals surface area (Å²) in [5.41, 5.74) is 0.885. The Balaban J connectivity index is 1.97. The van der Waals surface area contributed by atoms with Gasteiger partial charge in [-0.25, -0.2) is 4.79 Å². The molecule has 5 nitrogen and oxygen atoms in total. The van der Waals surface area contributed by atoms with Gasteiger partial charge in [-0.3, -0.25) is 9.97 Å². The molecule has 2 aromatic heterocycles. The molecule has 0 radical (unpaired) electrons. The third-order valence-corrected chi connectivity index (χ3v) is 5.36. The van der Waals surface area contributed by atoms with Crippen molar-refractivity contribution in [2.24, 2.45) is 0 Å². The van der Waals surface area contributed by atoms with E-state index in [0.717, 1.165) is 31.2 Å². The molecule has 0 amide bonds. The molecule has 6 heteroatoms. The summed E-state index contributed by atoms with van der Waals surface area (Å²) in [6.45, 7) is 0. The van der Waals surface area contributed by atoms with Crippen LogP contribution in [0.3, 0.4) is 0 Å². The first-order valence-electron chi connectivity index (χ1n) is 8.42. The van der Waals surface area contributed by atoms with Crippen molar-refractivity contribution in [1.82, 2.24) is 15.3 Å². The molecule has 25 heavy (non-hydrogen) atoms. The third-order valence-electron chi connectivity index (χ3n) is 4.79. The van der Waals surface area contributed by atoms with Gasteiger partial charge in [-0.1, -0.05) is 24.7 Å². The van der Waals surface area contributed by atoms with Crippen molar-refractivity contribution in [3.63, 3.8) is 0 Å². The van der Waals surface area contributed by atoms with Crippen LogP contribution >= 0.6 is 12.2 Å². The molecule has 0 unspecified atom stereocenters. The normalized spacial score (nSPS) is 22.8. The monoisotopic (exact) mass is 355 g/mol. The maximum atomic E-state index is 12.6. The van der Waals surface area contributed by atoms with Crippen molar-refractivity contribution >= 4 is 23.2 Å². The van der Waals surface area contributed by atoms with Crippen molar-refractivity contribution in [2.45, 2.75) is 37.2 Å². The highest BCUT2D eigenvalue weighted by Gasteiger charge is 2.48. The summed E-state index contributed by atoms with van der Waals surface area (Å²) >= 11 is 5.67. The number of thiocarbonyl (C=S) groups is 1. The van der Waals surface area contributed by atoms with E-state index in [1.165, 1.54) is 6.20 Å². The van der Waals surface area contributed by atoms with Gasteiger partial charge in [-0.05, 0) is 43.0 Å². The fourth-order valence-electron chi connectivity index (χ4n) is 3.55. The van der Waals surface area contributed by atoms with Crippen LogP contribution in [0.2, 0.25) is 0 Å². The Bertz CT molecular complexity index is 739. The van der Waals surface area contributed by atoms with E-state index >= 15 is 0 Å². The van der Waals surface area contributed by atoms with Crippen LogP contribution in [0.5, 0.6) is 0 Å². The topological polar surface area (TPSA) is 64.1 Å². The van der Waals surface area contributed by atoms with E-state index in [9.17, 15) is 4.79 Å². The van der Waals surface area contributed by atoms with Crippen LogP contribution in [0.15, 0.2) is 49.1 Å². The zero-order valence-corrected chi connectivity index (χ0v) is 15.0. The molecule has 3 rings (SSSR count). The van der Waals surface area contributed by atoms with Crippen LogP contribution in [0.1, 0.15) is 41.6 Å². The fourth-order valence-corrected chi connectivity index (χ4v) is 3.90. The molecular weight excluding hydrogens is 334 g/mol. The number of carbonyl (C=O) groups is 1. The number of pyridine rings is 2. The lowest BCUT2D eigenvalue weighted by Gasteiger charge is -2.43. The second-order valence-corrected chi connectivity index (χ2v) is 6.58. The van der Waals surface area contributed by atoms with Gasteiger partial charge in [-0.2, -0.15) is 0 Å². The summed E-state index contributed by atoms with van der Waals surface area (Å²) in [6, 6.07) is 7.33. The summed E-state index contributed by atoms with van der Waals surface area (Å²) in [5, 5.41) is 3.12. The number of hydrogen-bond acceptors (Lipinski definition) is 5. The van der Waals surface area contributed by atoms with Crippen LogP contribution < -0.4 is 5.32 Å². The summed E-state index contributed by atoms with van der Waals surface area (Å²) in [4.78, 5) is 21.5.